The SMILES string of the molecule is CS(=O)(=O)NCCCNCCCC1CCCO1. The highest BCUT2D eigenvalue weighted by Gasteiger charge is 2.14. The fourth-order valence-electron chi connectivity index (χ4n) is 1.92. The maximum absolute atomic E-state index is 10.8. The molecule has 1 aliphatic rings. The first-order valence-corrected chi connectivity index (χ1v) is 8.24. The molecule has 0 aromatic rings. The highest BCUT2D eigenvalue weighted by Crippen LogP contribution is 2.16. The van der Waals surface area contributed by atoms with E-state index in [0.717, 1.165) is 39.0 Å². The fraction of sp³-hybridized carbons (Fsp3) is 1.00. The minimum absolute atomic E-state index is 0.476. The summed E-state index contributed by atoms with van der Waals surface area (Å²) in [5, 5.41) is 3.31. The molecule has 0 aliphatic carbocycles. The summed E-state index contributed by atoms with van der Waals surface area (Å²) in [5.74, 6) is 0. The topological polar surface area (TPSA) is 67.4 Å². The number of rotatable bonds is 9. The fourth-order valence-corrected chi connectivity index (χ4v) is 2.44. The molecule has 1 aliphatic heterocycles. The summed E-state index contributed by atoms with van der Waals surface area (Å²) in [6.45, 7) is 3.28. The van der Waals surface area contributed by atoms with Gasteiger partial charge in [-0.25, -0.2) is 13.1 Å². The van der Waals surface area contributed by atoms with Crippen LogP contribution in [0.5, 0.6) is 0 Å². The van der Waals surface area contributed by atoms with E-state index in [1.807, 2.05) is 0 Å². The van der Waals surface area contributed by atoms with E-state index in [2.05, 4.69) is 10.0 Å². The normalized spacial score (nSPS) is 20.9. The second kappa shape index (κ2) is 8.02. The summed E-state index contributed by atoms with van der Waals surface area (Å²) in [4.78, 5) is 0. The quantitative estimate of drug-likeness (QED) is 0.594. The van der Waals surface area contributed by atoms with E-state index >= 15 is 0 Å². The third-order valence-electron chi connectivity index (χ3n) is 2.80. The first-order chi connectivity index (χ1) is 8.08. The summed E-state index contributed by atoms with van der Waals surface area (Å²) in [7, 11) is -3.03. The third-order valence-corrected chi connectivity index (χ3v) is 3.53. The van der Waals surface area contributed by atoms with Gasteiger partial charge in [-0.1, -0.05) is 0 Å². The van der Waals surface area contributed by atoms with Crippen molar-refractivity contribution in [2.24, 2.45) is 0 Å². The standard InChI is InChI=1S/C11H24N2O3S/c1-17(14,15)13-9-4-8-12-7-2-5-11-6-3-10-16-11/h11-13H,2-10H2,1H3. The van der Waals surface area contributed by atoms with Gasteiger partial charge in [-0.15, -0.1) is 0 Å². The molecule has 0 bridgehead atoms. The van der Waals surface area contributed by atoms with Gasteiger partial charge in [0, 0.05) is 13.2 Å². The Labute approximate surface area is 104 Å². The summed E-state index contributed by atoms with van der Waals surface area (Å²) in [5.41, 5.74) is 0. The lowest BCUT2D eigenvalue weighted by Gasteiger charge is -2.09. The van der Waals surface area contributed by atoms with Gasteiger partial charge in [0.1, 0.15) is 0 Å². The van der Waals surface area contributed by atoms with Crippen molar-refractivity contribution < 1.29 is 13.2 Å². The van der Waals surface area contributed by atoms with E-state index < -0.39 is 10.0 Å². The summed E-state index contributed by atoms with van der Waals surface area (Å²) >= 11 is 0. The Bertz CT molecular complexity index is 287. The van der Waals surface area contributed by atoms with E-state index in [0.29, 0.717) is 12.6 Å². The van der Waals surface area contributed by atoms with E-state index in [4.69, 9.17) is 4.74 Å². The van der Waals surface area contributed by atoms with Crippen LogP contribution in [0.25, 0.3) is 0 Å². The Hall–Kier alpha value is -0.170. The molecule has 2 N–H and O–H groups in total. The van der Waals surface area contributed by atoms with Crippen LogP contribution >= 0.6 is 0 Å². The largest absolute Gasteiger partial charge is 0.378 e. The average molecular weight is 264 g/mol. The molecule has 1 heterocycles. The van der Waals surface area contributed by atoms with E-state index in [9.17, 15) is 8.42 Å². The second-order valence-corrected chi connectivity index (χ2v) is 6.38. The predicted molar refractivity (Wildman–Crippen MR) is 68.5 cm³/mol. The first-order valence-electron chi connectivity index (χ1n) is 6.35. The highest BCUT2D eigenvalue weighted by molar-refractivity contribution is 7.88. The Morgan fingerprint density at radius 3 is 2.65 bits per heavy atom. The predicted octanol–water partition coefficient (Wildman–Crippen LogP) is 0.475. The molecule has 0 aromatic carbocycles. The van der Waals surface area contributed by atoms with E-state index in [1.165, 1.54) is 19.1 Å². The van der Waals surface area contributed by atoms with Crippen LogP contribution in [0.2, 0.25) is 0 Å². The monoisotopic (exact) mass is 264 g/mol. The zero-order valence-electron chi connectivity index (χ0n) is 10.6. The number of sulfonamides is 1. The van der Waals surface area contributed by atoms with E-state index in [1.54, 1.807) is 0 Å². The molecule has 0 radical (unpaired) electrons. The first kappa shape index (κ1) is 14.9. The van der Waals surface area contributed by atoms with Crippen molar-refractivity contribution in [3.63, 3.8) is 0 Å². The minimum Gasteiger partial charge on any atom is -0.378 e. The van der Waals surface area contributed by atoms with Crippen molar-refractivity contribution >= 4 is 10.0 Å². The summed E-state index contributed by atoms with van der Waals surface area (Å²) in [6.07, 6.45) is 7.16. The zero-order chi connectivity index (χ0) is 12.6. The van der Waals surface area contributed by atoms with Crippen molar-refractivity contribution in [2.75, 3.05) is 32.5 Å². The van der Waals surface area contributed by atoms with Gasteiger partial charge in [0.25, 0.3) is 0 Å². The van der Waals surface area contributed by atoms with Crippen LogP contribution in [0.4, 0.5) is 0 Å². The average Bonchev–Trinajstić information content (AvgIpc) is 2.73. The summed E-state index contributed by atoms with van der Waals surface area (Å²) in [6, 6.07) is 0. The Kier molecular flexibility index (Phi) is 7.03. The van der Waals surface area contributed by atoms with Gasteiger partial charge in [0.05, 0.1) is 12.4 Å². The van der Waals surface area contributed by atoms with Crippen LogP contribution in [-0.2, 0) is 14.8 Å². The van der Waals surface area contributed by atoms with Crippen LogP contribution < -0.4 is 10.0 Å². The third kappa shape index (κ3) is 8.54. The second-order valence-electron chi connectivity index (χ2n) is 4.55. The van der Waals surface area contributed by atoms with Crippen molar-refractivity contribution in [3.05, 3.63) is 0 Å². The maximum atomic E-state index is 10.8. The molecule has 0 spiro atoms. The van der Waals surface area contributed by atoms with Gasteiger partial charge in [0.15, 0.2) is 0 Å². The van der Waals surface area contributed by atoms with Crippen molar-refractivity contribution in [3.8, 4) is 0 Å². The van der Waals surface area contributed by atoms with Crippen LogP contribution in [0.15, 0.2) is 0 Å². The van der Waals surface area contributed by atoms with Gasteiger partial charge >= 0.3 is 0 Å². The molecule has 0 saturated carbocycles. The molecule has 0 amide bonds. The van der Waals surface area contributed by atoms with Gasteiger partial charge in [-0.2, -0.15) is 0 Å². The summed E-state index contributed by atoms with van der Waals surface area (Å²) < 4.78 is 29.5. The molecule has 1 atom stereocenters. The molecule has 1 unspecified atom stereocenters. The van der Waals surface area contributed by atoms with Crippen molar-refractivity contribution in [1.29, 1.82) is 0 Å². The lowest BCUT2D eigenvalue weighted by atomic mass is 10.1. The molecule has 1 fully saturated rings. The number of hydrogen-bond donors (Lipinski definition) is 2. The molecule has 6 heteroatoms. The van der Waals surface area contributed by atoms with Crippen LogP contribution in [-0.4, -0.2) is 47.0 Å². The van der Waals surface area contributed by atoms with Gasteiger partial charge < -0.3 is 10.1 Å². The number of hydrogen-bond acceptors (Lipinski definition) is 4. The Morgan fingerprint density at radius 1 is 1.24 bits per heavy atom. The lowest BCUT2D eigenvalue weighted by Crippen LogP contribution is -2.26. The number of ether oxygens (including phenoxy) is 1. The number of nitrogens with one attached hydrogen (secondary N) is 2. The van der Waals surface area contributed by atoms with E-state index in [-0.39, 0.29) is 0 Å². The minimum atomic E-state index is -3.03. The molecular weight excluding hydrogens is 240 g/mol. The lowest BCUT2D eigenvalue weighted by molar-refractivity contribution is 0.102. The van der Waals surface area contributed by atoms with Gasteiger partial charge in [0.2, 0.25) is 10.0 Å². The molecule has 5 nitrogen and oxygen atoms in total. The smallest absolute Gasteiger partial charge is 0.208 e. The maximum Gasteiger partial charge on any atom is 0.208 e. The van der Waals surface area contributed by atoms with Gasteiger partial charge in [-0.3, -0.25) is 0 Å². The van der Waals surface area contributed by atoms with Crippen LogP contribution in [0.1, 0.15) is 32.1 Å². The molecular formula is C11H24N2O3S. The Balaban J connectivity index is 1.81. The van der Waals surface area contributed by atoms with Crippen molar-refractivity contribution in [1.82, 2.24) is 10.0 Å². The van der Waals surface area contributed by atoms with Crippen LogP contribution in [0.3, 0.4) is 0 Å². The molecule has 1 saturated heterocycles. The molecule has 1 rings (SSSR count). The Morgan fingerprint density at radius 2 is 2.00 bits per heavy atom. The molecule has 102 valence electrons. The van der Waals surface area contributed by atoms with Gasteiger partial charge in [-0.05, 0) is 45.2 Å². The van der Waals surface area contributed by atoms with Crippen molar-refractivity contribution in [2.45, 2.75) is 38.2 Å². The zero-order valence-corrected chi connectivity index (χ0v) is 11.4. The highest BCUT2D eigenvalue weighted by atomic mass is 32.2. The van der Waals surface area contributed by atoms with Crippen LogP contribution in [0, 0.1) is 0 Å². The molecule has 17 heavy (non-hydrogen) atoms. The molecule has 0 aromatic heterocycles.